The number of nitrogens with two attached hydrogens (primary N) is 1. The number of carbonyl (C=O) groups excluding carboxylic acids is 2. The van der Waals surface area contributed by atoms with Crippen molar-refractivity contribution in [1.29, 1.82) is 0 Å². The molecule has 0 fully saturated rings. The fourth-order valence-corrected chi connectivity index (χ4v) is 1.83. The SMILES string of the molecule is Cn1ncc(NC(=O)c2cnn(CCC(=O)O)c2)c1C(N)=O. The first-order chi connectivity index (χ1) is 10.4. The van der Waals surface area contributed by atoms with Crippen molar-refractivity contribution in [3.8, 4) is 0 Å². The minimum absolute atomic E-state index is 0.0756. The van der Waals surface area contributed by atoms with Gasteiger partial charge in [0.1, 0.15) is 5.69 Å². The van der Waals surface area contributed by atoms with Crippen LogP contribution in [0.15, 0.2) is 18.6 Å². The summed E-state index contributed by atoms with van der Waals surface area (Å²) in [5, 5.41) is 18.9. The van der Waals surface area contributed by atoms with E-state index in [0.717, 1.165) is 0 Å². The lowest BCUT2D eigenvalue weighted by Gasteiger charge is -2.03. The monoisotopic (exact) mass is 306 g/mol. The van der Waals surface area contributed by atoms with Gasteiger partial charge in [-0.05, 0) is 0 Å². The van der Waals surface area contributed by atoms with Gasteiger partial charge >= 0.3 is 5.97 Å². The van der Waals surface area contributed by atoms with Crippen molar-refractivity contribution < 1.29 is 19.5 Å². The number of hydrogen-bond acceptors (Lipinski definition) is 5. The lowest BCUT2D eigenvalue weighted by Crippen LogP contribution is -2.20. The smallest absolute Gasteiger partial charge is 0.305 e. The molecule has 0 bridgehead atoms. The average molecular weight is 306 g/mol. The van der Waals surface area contributed by atoms with Crippen LogP contribution in [-0.2, 0) is 18.4 Å². The van der Waals surface area contributed by atoms with E-state index in [1.54, 1.807) is 0 Å². The third kappa shape index (κ3) is 3.29. The van der Waals surface area contributed by atoms with Gasteiger partial charge in [0.2, 0.25) is 0 Å². The summed E-state index contributed by atoms with van der Waals surface area (Å²) in [6.07, 6.45) is 3.93. The van der Waals surface area contributed by atoms with Crippen molar-refractivity contribution in [1.82, 2.24) is 19.6 Å². The van der Waals surface area contributed by atoms with Gasteiger partial charge in [-0.3, -0.25) is 23.7 Å². The van der Waals surface area contributed by atoms with E-state index < -0.39 is 17.8 Å². The second-order valence-electron chi connectivity index (χ2n) is 4.48. The minimum Gasteiger partial charge on any atom is -0.481 e. The Bertz CT molecular complexity index is 732. The number of hydrogen-bond donors (Lipinski definition) is 3. The van der Waals surface area contributed by atoms with E-state index in [-0.39, 0.29) is 29.9 Å². The standard InChI is InChI=1S/C12H14N6O4/c1-17-10(11(13)21)8(5-14-17)16-12(22)7-4-15-18(6-7)3-2-9(19)20/h4-6H,2-3H2,1H3,(H2,13,21)(H,16,22)(H,19,20). The van der Waals surface area contributed by atoms with Crippen LogP contribution < -0.4 is 11.1 Å². The number of nitrogens with zero attached hydrogens (tertiary/aromatic N) is 4. The predicted molar refractivity (Wildman–Crippen MR) is 74.2 cm³/mol. The van der Waals surface area contributed by atoms with Crippen LogP contribution in [-0.4, -0.2) is 42.5 Å². The number of nitrogens with one attached hydrogen (secondary N) is 1. The highest BCUT2D eigenvalue weighted by molar-refractivity contribution is 6.07. The predicted octanol–water partition coefficient (Wildman–Crippen LogP) is -0.557. The van der Waals surface area contributed by atoms with Crippen molar-refractivity contribution >= 4 is 23.5 Å². The van der Waals surface area contributed by atoms with Gasteiger partial charge in [0.15, 0.2) is 0 Å². The Labute approximate surface area is 124 Å². The van der Waals surface area contributed by atoms with Crippen LogP contribution >= 0.6 is 0 Å². The molecule has 10 heteroatoms. The van der Waals surface area contributed by atoms with Crippen molar-refractivity contribution in [3.05, 3.63) is 29.8 Å². The quantitative estimate of drug-likeness (QED) is 0.652. The molecule has 4 N–H and O–H groups in total. The van der Waals surface area contributed by atoms with E-state index in [2.05, 4.69) is 15.5 Å². The summed E-state index contributed by atoms with van der Waals surface area (Å²) in [6.45, 7) is 0.155. The maximum atomic E-state index is 12.1. The van der Waals surface area contributed by atoms with Crippen molar-refractivity contribution in [2.75, 3.05) is 5.32 Å². The molecule has 0 spiro atoms. The van der Waals surface area contributed by atoms with Gasteiger partial charge in [-0.1, -0.05) is 0 Å². The normalized spacial score (nSPS) is 10.4. The molecule has 0 atom stereocenters. The maximum absolute atomic E-state index is 12.1. The number of amides is 2. The molecule has 0 aliphatic rings. The molecule has 0 aromatic carbocycles. The summed E-state index contributed by atoms with van der Waals surface area (Å²) < 4.78 is 2.61. The second kappa shape index (κ2) is 6.08. The first-order valence-electron chi connectivity index (χ1n) is 6.26. The van der Waals surface area contributed by atoms with Gasteiger partial charge in [-0.15, -0.1) is 0 Å². The Morgan fingerprint density at radius 1 is 1.32 bits per heavy atom. The zero-order valence-electron chi connectivity index (χ0n) is 11.7. The van der Waals surface area contributed by atoms with Gasteiger partial charge < -0.3 is 16.2 Å². The highest BCUT2D eigenvalue weighted by Crippen LogP contribution is 2.14. The third-order valence-corrected chi connectivity index (χ3v) is 2.87. The van der Waals surface area contributed by atoms with E-state index in [1.165, 1.54) is 35.0 Å². The van der Waals surface area contributed by atoms with E-state index >= 15 is 0 Å². The maximum Gasteiger partial charge on any atom is 0.305 e. The summed E-state index contributed by atoms with van der Waals surface area (Å²) in [7, 11) is 1.53. The van der Waals surface area contributed by atoms with E-state index in [0.29, 0.717) is 0 Å². The van der Waals surface area contributed by atoms with Gasteiger partial charge in [-0.25, -0.2) is 0 Å². The molecule has 0 aliphatic carbocycles. The molecule has 0 radical (unpaired) electrons. The first kappa shape index (κ1) is 15.2. The molecular formula is C12H14N6O4. The molecule has 2 rings (SSSR count). The topological polar surface area (TPSA) is 145 Å². The van der Waals surface area contributed by atoms with Gasteiger partial charge in [0.05, 0.1) is 36.6 Å². The molecule has 22 heavy (non-hydrogen) atoms. The van der Waals surface area contributed by atoms with Crippen molar-refractivity contribution in [2.45, 2.75) is 13.0 Å². The Morgan fingerprint density at radius 3 is 2.68 bits per heavy atom. The van der Waals surface area contributed by atoms with E-state index in [9.17, 15) is 14.4 Å². The molecule has 2 heterocycles. The zero-order chi connectivity index (χ0) is 16.3. The number of aryl methyl sites for hydroxylation is 2. The van der Waals surface area contributed by atoms with Crippen LogP contribution in [0.3, 0.4) is 0 Å². The Morgan fingerprint density at radius 2 is 2.05 bits per heavy atom. The summed E-state index contributed by atoms with van der Waals surface area (Å²) in [5.41, 5.74) is 5.72. The number of carbonyl (C=O) groups is 3. The fourth-order valence-electron chi connectivity index (χ4n) is 1.83. The number of aliphatic carboxylic acids is 1. The molecule has 0 saturated carbocycles. The molecule has 2 aromatic heterocycles. The van der Waals surface area contributed by atoms with Crippen molar-refractivity contribution in [2.24, 2.45) is 12.8 Å². The molecule has 0 unspecified atom stereocenters. The van der Waals surface area contributed by atoms with Gasteiger partial charge in [0, 0.05) is 13.2 Å². The largest absolute Gasteiger partial charge is 0.481 e. The summed E-state index contributed by atoms with van der Waals surface area (Å²) in [4.78, 5) is 33.9. The highest BCUT2D eigenvalue weighted by atomic mass is 16.4. The molecule has 2 amide bonds. The lowest BCUT2D eigenvalue weighted by atomic mass is 10.3. The number of carboxylic acid groups (broad SMARTS) is 1. The zero-order valence-corrected chi connectivity index (χ0v) is 11.7. The van der Waals surface area contributed by atoms with Gasteiger partial charge in [0.25, 0.3) is 11.8 Å². The molecular weight excluding hydrogens is 292 g/mol. The Balaban J connectivity index is 2.10. The highest BCUT2D eigenvalue weighted by Gasteiger charge is 2.17. The van der Waals surface area contributed by atoms with Crippen LogP contribution in [0.25, 0.3) is 0 Å². The van der Waals surface area contributed by atoms with Crippen LogP contribution in [0.5, 0.6) is 0 Å². The van der Waals surface area contributed by atoms with E-state index in [1.807, 2.05) is 0 Å². The fraction of sp³-hybridized carbons (Fsp3) is 0.250. The van der Waals surface area contributed by atoms with Crippen LogP contribution in [0, 0.1) is 0 Å². The molecule has 0 aliphatic heterocycles. The first-order valence-corrected chi connectivity index (χ1v) is 6.26. The lowest BCUT2D eigenvalue weighted by molar-refractivity contribution is -0.137. The van der Waals surface area contributed by atoms with Crippen molar-refractivity contribution in [3.63, 3.8) is 0 Å². The average Bonchev–Trinajstić information content (AvgIpc) is 3.03. The van der Waals surface area contributed by atoms with Crippen LogP contribution in [0.4, 0.5) is 5.69 Å². The Hall–Kier alpha value is -3.17. The number of carboxylic acids is 1. The van der Waals surface area contributed by atoms with Crippen LogP contribution in [0.2, 0.25) is 0 Å². The number of primary amides is 1. The molecule has 10 nitrogen and oxygen atoms in total. The molecule has 2 aromatic rings. The molecule has 116 valence electrons. The number of rotatable bonds is 6. The van der Waals surface area contributed by atoms with Crippen LogP contribution in [0.1, 0.15) is 27.3 Å². The summed E-state index contributed by atoms with van der Waals surface area (Å²) >= 11 is 0. The third-order valence-electron chi connectivity index (χ3n) is 2.87. The van der Waals surface area contributed by atoms with E-state index in [4.69, 9.17) is 10.8 Å². The summed E-state index contributed by atoms with van der Waals surface area (Å²) in [6, 6.07) is 0. The van der Waals surface area contributed by atoms with Gasteiger partial charge in [-0.2, -0.15) is 10.2 Å². The molecule has 0 saturated heterocycles. The number of anilines is 1. The summed E-state index contributed by atoms with van der Waals surface area (Å²) in [5.74, 6) is -2.17. The minimum atomic E-state index is -0.956. The second-order valence-corrected chi connectivity index (χ2v) is 4.48. The number of aromatic nitrogens is 4. The Kier molecular flexibility index (Phi) is 4.20.